The van der Waals surface area contributed by atoms with Crippen molar-refractivity contribution in [2.45, 2.75) is 13.5 Å². The fourth-order valence-corrected chi connectivity index (χ4v) is 2.50. The molecule has 0 atom stereocenters. The number of ether oxygens (including phenoxy) is 1. The maximum Gasteiger partial charge on any atom is 0.277 e. The van der Waals surface area contributed by atoms with E-state index >= 15 is 0 Å². The Balaban J connectivity index is 1.88. The number of pyridine rings is 1. The Labute approximate surface area is 158 Å². The Bertz CT molecular complexity index is 990. The maximum absolute atomic E-state index is 12.4. The molecule has 3 rings (SSSR count). The zero-order valence-corrected chi connectivity index (χ0v) is 14.9. The molecule has 0 aliphatic carbocycles. The molecule has 1 N–H and O–H groups in total. The number of benzene rings is 1. The van der Waals surface area contributed by atoms with E-state index < -0.39 is 10.8 Å². The Morgan fingerprint density at radius 1 is 1.37 bits per heavy atom. The van der Waals surface area contributed by atoms with E-state index in [1.165, 1.54) is 35.3 Å². The van der Waals surface area contributed by atoms with E-state index in [-0.39, 0.29) is 27.8 Å². The Morgan fingerprint density at radius 3 is 2.81 bits per heavy atom. The number of carbonyl (C=O) groups excluding carboxylic acids is 1. The molecule has 1 aromatic carbocycles. The van der Waals surface area contributed by atoms with Crippen LogP contribution in [0.5, 0.6) is 11.5 Å². The number of non-ortho nitro benzene ring substituents is 1. The molecule has 138 valence electrons. The van der Waals surface area contributed by atoms with Gasteiger partial charge in [-0.3, -0.25) is 24.6 Å². The highest BCUT2D eigenvalue weighted by Crippen LogP contribution is 2.30. The largest absolute Gasteiger partial charge is 0.455 e. The van der Waals surface area contributed by atoms with Crippen molar-refractivity contribution >= 4 is 28.9 Å². The molecule has 9 nitrogen and oxygen atoms in total. The summed E-state index contributed by atoms with van der Waals surface area (Å²) >= 11 is 6.02. The second-order valence-corrected chi connectivity index (χ2v) is 5.81. The van der Waals surface area contributed by atoms with Gasteiger partial charge in [0.2, 0.25) is 0 Å². The smallest absolute Gasteiger partial charge is 0.277 e. The van der Waals surface area contributed by atoms with Gasteiger partial charge in [-0.2, -0.15) is 5.10 Å². The first-order chi connectivity index (χ1) is 13.0. The third kappa shape index (κ3) is 4.39. The molecule has 10 heteroatoms. The van der Waals surface area contributed by atoms with Crippen molar-refractivity contribution in [2.24, 2.45) is 0 Å². The molecule has 0 bridgehead atoms. The van der Waals surface area contributed by atoms with Crippen LogP contribution in [-0.2, 0) is 6.54 Å². The minimum Gasteiger partial charge on any atom is -0.455 e. The lowest BCUT2D eigenvalue weighted by molar-refractivity contribution is -0.384. The molecular formula is C17H14ClN5O4. The molecule has 0 aliphatic rings. The van der Waals surface area contributed by atoms with E-state index in [9.17, 15) is 14.9 Å². The predicted octanol–water partition coefficient (Wildman–Crippen LogP) is 3.90. The second kappa shape index (κ2) is 7.83. The first-order valence-corrected chi connectivity index (χ1v) is 8.25. The number of nitrogens with one attached hydrogen (secondary N) is 1. The minimum atomic E-state index is -0.583. The van der Waals surface area contributed by atoms with Gasteiger partial charge >= 0.3 is 0 Å². The van der Waals surface area contributed by atoms with Gasteiger partial charge in [0.15, 0.2) is 5.69 Å². The van der Waals surface area contributed by atoms with Crippen LogP contribution >= 0.6 is 11.6 Å². The molecular weight excluding hydrogens is 374 g/mol. The van der Waals surface area contributed by atoms with E-state index in [2.05, 4.69) is 15.4 Å². The van der Waals surface area contributed by atoms with Crippen LogP contribution in [0.2, 0.25) is 5.02 Å². The first kappa shape index (κ1) is 18.3. The van der Waals surface area contributed by atoms with Crippen LogP contribution in [0.25, 0.3) is 0 Å². The highest BCUT2D eigenvalue weighted by Gasteiger charge is 2.18. The number of nitro groups is 1. The summed E-state index contributed by atoms with van der Waals surface area (Å²) in [4.78, 5) is 27.0. The molecule has 0 saturated carbocycles. The molecule has 0 radical (unpaired) electrons. The van der Waals surface area contributed by atoms with Crippen LogP contribution in [0.1, 0.15) is 17.4 Å². The van der Waals surface area contributed by atoms with Crippen molar-refractivity contribution in [1.29, 1.82) is 0 Å². The van der Waals surface area contributed by atoms with E-state index in [1.807, 2.05) is 6.92 Å². The topological polar surface area (TPSA) is 112 Å². The van der Waals surface area contributed by atoms with Crippen LogP contribution < -0.4 is 10.1 Å². The molecule has 0 aliphatic heterocycles. The van der Waals surface area contributed by atoms with E-state index in [4.69, 9.17) is 16.3 Å². The number of hydrogen-bond donors (Lipinski definition) is 1. The lowest BCUT2D eigenvalue weighted by Crippen LogP contribution is -2.14. The summed E-state index contributed by atoms with van der Waals surface area (Å²) in [5.41, 5.74) is -0.0353. The van der Waals surface area contributed by atoms with E-state index in [0.717, 1.165) is 0 Å². The molecule has 0 saturated heterocycles. The number of anilines is 1. The number of amides is 1. The van der Waals surface area contributed by atoms with Gasteiger partial charge in [-0.15, -0.1) is 0 Å². The molecule has 1 amide bonds. The molecule has 0 spiro atoms. The highest BCUT2D eigenvalue weighted by molar-refractivity contribution is 6.34. The number of rotatable bonds is 6. The predicted molar refractivity (Wildman–Crippen MR) is 98.3 cm³/mol. The average Bonchev–Trinajstić information content (AvgIpc) is 3.03. The second-order valence-electron chi connectivity index (χ2n) is 5.40. The van der Waals surface area contributed by atoms with Gasteiger partial charge in [0, 0.05) is 31.1 Å². The van der Waals surface area contributed by atoms with Crippen molar-refractivity contribution in [3.8, 4) is 11.5 Å². The number of halogens is 1. The Morgan fingerprint density at radius 2 is 2.19 bits per heavy atom. The van der Waals surface area contributed by atoms with Crippen molar-refractivity contribution in [1.82, 2.24) is 14.8 Å². The number of nitrogens with zero attached hydrogens (tertiary/aromatic N) is 4. The van der Waals surface area contributed by atoms with Gasteiger partial charge in [-0.25, -0.2) is 0 Å². The lowest BCUT2D eigenvalue weighted by Gasteiger charge is -2.08. The summed E-state index contributed by atoms with van der Waals surface area (Å²) in [6.07, 6.45) is 4.57. The standard InChI is InChI=1S/C17H14ClN5O4/c1-2-22-10-15(18)16(21-22)17(24)20-11-6-12(23(25)26)8-14(7-11)27-13-4-3-5-19-9-13/h3-10H,2H2,1H3,(H,20,24). The summed E-state index contributed by atoms with van der Waals surface area (Å²) in [6.45, 7) is 2.40. The van der Waals surface area contributed by atoms with Crippen LogP contribution in [0.15, 0.2) is 48.9 Å². The lowest BCUT2D eigenvalue weighted by atomic mass is 10.2. The monoisotopic (exact) mass is 387 g/mol. The van der Waals surface area contributed by atoms with Crippen LogP contribution in [0, 0.1) is 10.1 Å². The fourth-order valence-electron chi connectivity index (χ4n) is 2.27. The number of nitro benzene ring substituents is 1. The Hall–Kier alpha value is -3.46. The molecule has 3 aromatic rings. The third-order valence-corrected chi connectivity index (χ3v) is 3.76. The maximum atomic E-state index is 12.4. The summed E-state index contributed by atoms with van der Waals surface area (Å²) in [5.74, 6) is -0.00211. The molecule has 0 unspecified atom stereocenters. The quantitative estimate of drug-likeness (QED) is 0.507. The number of aromatic nitrogens is 3. The average molecular weight is 388 g/mol. The van der Waals surface area contributed by atoms with Crippen molar-refractivity contribution in [3.63, 3.8) is 0 Å². The molecule has 0 fully saturated rings. The van der Waals surface area contributed by atoms with E-state index in [0.29, 0.717) is 12.3 Å². The van der Waals surface area contributed by atoms with Gasteiger partial charge in [0.05, 0.1) is 27.9 Å². The van der Waals surface area contributed by atoms with Gasteiger partial charge in [-0.1, -0.05) is 11.6 Å². The van der Waals surface area contributed by atoms with Gasteiger partial charge in [0.1, 0.15) is 11.5 Å². The SMILES string of the molecule is CCn1cc(Cl)c(C(=O)Nc2cc(Oc3cccnc3)cc([N+](=O)[O-])c2)n1. The first-order valence-electron chi connectivity index (χ1n) is 7.88. The number of carbonyl (C=O) groups is 1. The van der Waals surface area contributed by atoms with Crippen LogP contribution in [0.4, 0.5) is 11.4 Å². The van der Waals surface area contributed by atoms with Gasteiger partial charge in [-0.05, 0) is 19.1 Å². The summed E-state index contributed by atoms with van der Waals surface area (Å²) in [6, 6.07) is 7.26. The highest BCUT2D eigenvalue weighted by atomic mass is 35.5. The van der Waals surface area contributed by atoms with Crippen molar-refractivity contribution in [3.05, 3.63) is 69.8 Å². The summed E-state index contributed by atoms with van der Waals surface area (Å²) in [7, 11) is 0. The van der Waals surface area contributed by atoms with Crippen LogP contribution in [0.3, 0.4) is 0 Å². The van der Waals surface area contributed by atoms with E-state index in [1.54, 1.807) is 18.3 Å². The van der Waals surface area contributed by atoms with Crippen molar-refractivity contribution < 1.29 is 14.5 Å². The van der Waals surface area contributed by atoms with Crippen LogP contribution in [-0.4, -0.2) is 25.6 Å². The summed E-state index contributed by atoms with van der Waals surface area (Å²) < 4.78 is 7.09. The number of aryl methyl sites for hydroxylation is 1. The fraction of sp³-hybridized carbons (Fsp3) is 0.118. The zero-order valence-electron chi connectivity index (χ0n) is 14.1. The molecule has 2 aromatic heterocycles. The third-order valence-electron chi connectivity index (χ3n) is 3.49. The minimum absolute atomic E-state index is 0.0275. The summed E-state index contributed by atoms with van der Waals surface area (Å²) in [5, 5.41) is 18.0. The normalized spacial score (nSPS) is 10.4. The molecule has 2 heterocycles. The zero-order chi connectivity index (χ0) is 19.4. The van der Waals surface area contributed by atoms with Gasteiger partial charge in [0.25, 0.3) is 11.6 Å². The number of hydrogen-bond acceptors (Lipinski definition) is 6. The molecule has 27 heavy (non-hydrogen) atoms. The van der Waals surface area contributed by atoms with Crippen molar-refractivity contribution in [2.75, 3.05) is 5.32 Å². The van der Waals surface area contributed by atoms with Gasteiger partial charge < -0.3 is 10.1 Å². The Kier molecular flexibility index (Phi) is 5.32.